The molecule has 6 nitrogen and oxygen atoms in total. The van der Waals surface area contributed by atoms with E-state index in [1.54, 1.807) is 36.5 Å². The number of ether oxygens (including phenoxy) is 2. The largest absolute Gasteiger partial charge is 0.493 e. The van der Waals surface area contributed by atoms with Crippen LogP contribution < -0.4 is 9.47 Å². The summed E-state index contributed by atoms with van der Waals surface area (Å²) in [7, 11) is 3.23. The van der Waals surface area contributed by atoms with Crippen LogP contribution in [0.3, 0.4) is 0 Å². The Kier molecular flexibility index (Phi) is 13.9. The van der Waals surface area contributed by atoms with Crippen molar-refractivity contribution in [1.82, 2.24) is 9.80 Å². The highest BCUT2D eigenvalue weighted by Crippen LogP contribution is 2.28. The third-order valence-electron chi connectivity index (χ3n) is 6.55. The summed E-state index contributed by atoms with van der Waals surface area (Å²) in [5, 5.41) is 2.05. The minimum Gasteiger partial charge on any atom is -0.493 e. The summed E-state index contributed by atoms with van der Waals surface area (Å²) in [6, 6.07) is 7.90. The maximum atomic E-state index is 13.5. The van der Waals surface area contributed by atoms with Crippen molar-refractivity contribution in [3.05, 3.63) is 58.3 Å². The number of rotatable bonds is 18. The molecule has 204 valence electrons. The zero-order valence-electron chi connectivity index (χ0n) is 23.1. The highest BCUT2D eigenvalue weighted by molar-refractivity contribution is 7.10. The van der Waals surface area contributed by atoms with Gasteiger partial charge in [-0.2, -0.15) is 0 Å². The second-order valence-electron chi connectivity index (χ2n) is 9.36. The van der Waals surface area contributed by atoms with E-state index in [0.717, 1.165) is 29.7 Å². The molecule has 2 aromatic rings. The zero-order chi connectivity index (χ0) is 27.0. The minimum absolute atomic E-state index is 0.0240. The second-order valence-corrected chi connectivity index (χ2v) is 10.4. The molecule has 0 aliphatic carbocycles. The molecule has 0 saturated carbocycles. The SMILES string of the molecule is C=CCN(CC(=O)N(CCc1ccc(OC)c(OC)c1)Cc1sccc1C)C(=O)CCCCCCCC. The molecular formula is C30H44N2O4S. The van der Waals surface area contributed by atoms with Crippen molar-refractivity contribution in [2.75, 3.05) is 33.9 Å². The lowest BCUT2D eigenvalue weighted by molar-refractivity contribution is -0.140. The van der Waals surface area contributed by atoms with Gasteiger partial charge in [0, 0.05) is 24.4 Å². The summed E-state index contributed by atoms with van der Waals surface area (Å²) < 4.78 is 10.8. The first-order valence-corrected chi connectivity index (χ1v) is 14.2. The van der Waals surface area contributed by atoms with E-state index in [2.05, 4.69) is 31.9 Å². The molecule has 0 saturated heterocycles. The summed E-state index contributed by atoms with van der Waals surface area (Å²) in [5.74, 6) is 1.32. The van der Waals surface area contributed by atoms with Crippen LogP contribution in [0.1, 0.15) is 67.9 Å². The summed E-state index contributed by atoms with van der Waals surface area (Å²) >= 11 is 1.66. The van der Waals surface area contributed by atoms with Gasteiger partial charge in [0.25, 0.3) is 0 Å². The third kappa shape index (κ3) is 10.2. The quantitative estimate of drug-likeness (QED) is 0.166. The first-order valence-electron chi connectivity index (χ1n) is 13.3. The van der Waals surface area contributed by atoms with Crippen LogP contribution in [0.25, 0.3) is 0 Å². The predicted octanol–water partition coefficient (Wildman–Crippen LogP) is 6.41. The van der Waals surface area contributed by atoms with Crippen LogP contribution >= 0.6 is 11.3 Å². The Morgan fingerprint density at radius 2 is 1.70 bits per heavy atom. The van der Waals surface area contributed by atoms with Crippen molar-refractivity contribution < 1.29 is 19.1 Å². The predicted molar refractivity (Wildman–Crippen MR) is 152 cm³/mol. The maximum absolute atomic E-state index is 13.5. The Morgan fingerprint density at radius 3 is 2.35 bits per heavy atom. The number of carbonyl (C=O) groups is 2. The first-order chi connectivity index (χ1) is 17.9. The lowest BCUT2D eigenvalue weighted by Gasteiger charge is -2.27. The summed E-state index contributed by atoms with van der Waals surface area (Å²) in [4.78, 5) is 31.1. The molecule has 2 rings (SSSR count). The van der Waals surface area contributed by atoms with Crippen LogP contribution in [0.5, 0.6) is 11.5 Å². The van der Waals surface area contributed by atoms with Crippen LogP contribution in [0.4, 0.5) is 0 Å². The lowest BCUT2D eigenvalue weighted by Crippen LogP contribution is -2.43. The van der Waals surface area contributed by atoms with Crippen LogP contribution in [-0.2, 0) is 22.6 Å². The average molecular weight is 529 g/mol. The van der Waals surface area contributed by atoms with Gasteiger partial charge < -0.3 is 19.3 Å². The van der Waals surface area contributed by atoms with Gasteiger partial charge in [-0.05, 0) is 54.5 Å². The molecular weight excluding hydrogens is 484 g/mol. The molecule has 1 aromatic heterocycles. The lowest BCUT2D eigenvalue weighted by atomic mass is 10.1. The normalized spacial score (nSPS) is 10.7. The fourth-order valence-electron chi connectivity index (χ4n) is 4.22. The van der Waals surface area contributed by atoms with Gasteiger partial charge in [-0.25, -0.2) is 0 Å². The molecule has 7 heteroatoms. The number of aryl methyl sites for hydroxylation is 1. The molecule has 0 atom stereocenters. The molecule has 0 spiro atoms. The Hall–Kier alpha value is -2.80. The standard InChI is InChI=1S/C30H44N2O4S/c1-6-8-9-10-11-12-13-29(33)31(18-7-2)23-30(34)32(22-28-24(3)17-20-37-28)19-16-25-14-15-26(35-4)27(21-25)36-5/h7,14-15,17,20-21H,2,6,8-13,16,18-19,22-23H2,1,3-5H3. The van der Waals surface area contributed by atoms with Gasteiger partial charge in [0.15, 0.2) is 11.5 Å². The van der Waals surface area contributed by atoms with E-state index < -0.39 is 0 Å². The van der Waals surface area contributed by atoms with Crippen LogP contribution in [0.2, 0.25) is 0 Å². The van der Waals surface area contributed by atoms with E-state index in [4.69, 9.17) is 9.47 Å². The van der Waals surface area contributed by atoms with E-state index in [1.165, 1.54) is 24.8 Å². The van der Waals surface area contributed by atoms with Gasteiger partial charge in [-0.15, -0.1) is 17.9 Å². The molecule has 0 unspecified atom stereocenters. The fraction of sp³-hybridized carbons (Fsp3) is 0.533. The second kappa shape index (κ2) is 16.8. The molecule has 37 heavy (non-hydrogen) atoms. The molecule has 1 heterocycles. The monoisotopic (exact) mass is 528 g/mol. The van der Waals surface area contributed by atoms with Crippen LogP contribution in [0.15, 0.2) is 42.3 Å². The maximum Gasteiger partial charge on any atom is 0.242 e. The number of carbonyl (C=O) groups excluding carboxylic acids is 2. The zero-order valence-corrected chi connectivity index (χ0v) is 23.9. The molecule has 0 bridgehead atoms. The highest BCUT2D eigenvalue weighted by Gasteiger charge is 2.21. The number of hydrogen-bond donors (Lipinski definition) is 0. The van der Waals surface area contributed by atoms with Crippen molar-refractivity contribution >= 4 is 23.2 Å². The van der Waals surface area contributed by atoms with E-state index in [9.17, 15) is 9.59 Å². The van der Waals surface area contributed by atoms with Gasteiger partial charge in [-0.1, -0.05) is 51.2 Å². The molecule has 2 amide bonds. The topological polar surface area (TPSA) is 59.1 Å². The molecule has 1 aromatic carbocycles. The molecule has 0 fully saturated rings. The van der Waals surface area contributed by atoms with Crippen molar-refractivity contribution in [2.24, 2.45) is 0 Å². The van der Waals surface area contributed by atoms with Crippen molar-refractivity contribution in [3.8, 4) is 11.5 Å². The van der Waals surface area contributed by atoms with Crippen molar-refractivity contribution in [2.45, 2.75) is 71.8 Å². The van der Waals surface area contributed by atoms with Crippen molar-refractivity contribution in [1.29, 1.82) is 0 Å². The Bertz CT molecular complexity index is 988. The highest BCUT2D eigenvalue weighted by atomic mass is 32.1. The van der Waals surface area contributed by atoms with E-state index >= 15 is 0 Å². The summed E-state index contributed by atoms with van der Waals surface area (Å²) in [6.45, 7) is 9.59. The van der Waals surface area contributed by atoms with Crippen LogP contribution in [0, 0.1) is 6.92 Å². The summed E-state index contributed by atoms with van der Waals surface area (Å²) in [5.41, 5.74) is 2.23. The van der Waals surface area contributed by atoms with Crippen molar-refractivity contribution in [3.63, 3.8) is 0 Å². The van der Waals surface area contributed by atoms with Gasteiger partial charge in [0.2, 0.25) is 11.8 Å². The third-order valence-corrected chi connectivity index (χ3v) is 7.55. The Balaban J connectivity index is 2.07. The molecule has 0 radical (unpaired) electrons. The number of thiophene rings is 1. The van der Waals surface area contributed by atoms with E-state index in [-0.39, 0.29) is 18.4 Å². The van der Waals surface area contributed by atoms with Gasteiger partial charge in [0.1, 0.15) is 6.54 Å². The molecule has 0 aliphatic rings. The van der Waals surface area contributed by atoms with E-state index in [0.29, 0.717) is 44.0 Å². The number of unbranched alkanes of at least 4 members (excludes halogenated alkanes) is 5. The van der Waals surface area contributed by atoms with Gasteiger partial charge in [0.05, 0.1) is 20.8 Å². The number of benzene rings is 1. The fourth-order valence-corrected chi connectivity index (χ4v) is 5.14. The smallest absolute Gasteiger partial charge is 0.242 e. The number of hydrogen-bond acceptors (Lipinski definition) is 5. The van der Waals surface area contributed by atoms with Gasteiger partial charge in [-0.3, -0.25) is 9.59 Å². The van der Waals surface area contributed by atoms with Crippen LogP contribution in [-0.4, -0.2) is 55.5 Å². The number of nitrogens with zero attached hydrogens (tertiary/aromatic N) is 2. The Labute approximate surface area is 227 Å². The average Bonchev–Trinajstić information content (AvgIpc) is 3.31. The molecule has 0 aliphatic heterocycles. The Morgan fingerprint density at radius 1 is 0.973 bits per heavy atom. The number of amides is 2. The minimum atomic E-state index is -0.0496. The number of methoxy groups -OCH3 is 2. The first kappa shape index (κ1) is 30.4. The summed E-state index contributed by atoms with van der Waals surface area (Å²) in [6.07, 6.45) is 9.59. The molecule has 0 N–H and O–H groups in total. The van der Waals surface area contributed by atoms with Gasteiger partial charge >= 0.3 is 0 Å². The van der Waals surface area contributed by atoms with E-state index in [1.807, 2.05) is 23.1 Å².